The molecule has 5 nitrogen and oxygen atoms in total. The first-order valence-corrected chi connectivity index (χ1v) is 10.5. The molecule has 2 heterocycles. The van der Waals surface area contributed by atoms with Crippen LogP contribution in [0.1, 0.15) is 0 Å². The van der Waals surface area contributed by atoms with Crippen molar-refractivity contribution in [3.8, 4) is 0 Å². The fourth-order valence-electron chi connectivity index (χ4n) is 3.35. The van der Waals surface area contributed by atoms with Gasteiger partial charge in [-0.25, -0.2) is 0 Å². The second-order valence-corrected chi connectivity index (χ2v) is 8.02. The van der Waals surface area contributed by atoms with Crippen molar-refractivity contribution < 1.29 is 4.79 Å². The number of rotatable bonds is 5. The number of pyridine rings is 1. The van der Waals surface area contributed by atoms with Gasteiger partial charge >= 0.3 is 0 Å². The second kappa shape index (κ2) is 8.63. The Morgan fingerprint density at radius 3 is 2.57 bits per heavy atom. The van der Waals surface area contributed by atoms with Crippen molar-refractivity contribution in [2.75, 3.05) is 49.2 Å². The van der Waals surface area contributed by atoms with Crippen LogP contribution in [-0.4, -0.2) is 54.8 Å². The fraction of sp³-hybridized carbons (Fsp3) is 0.273. The van der Waals surface area contributed by atoms with Gasteiger partial charge in [-0.05, 0) is 43.4 Å². The average molecular weight is 393 g/mol. The maximum Gasteiger partial charge on any atom is 0.234 e. The Kier molecular flexibility index (Phi) is 5.78. The number of piperazine rings is 1. The van der Waals surface area contributed by atoms with Crippen molar-refractivity contribution in [3.63, 3.8) is 0 Å². The summed E-state index contributed by atoms with van der Waals surface area (Å²) in [6.45, 7) is 4.24. The first kappa shape index (κ1) is 18.8. The highest BCUT2D eigenvalue weighted by atomic mass is 32.2. The van der Waals surface area contributed by atoms with Gasteiger partial charge in [0.15, 0.2) is 0 Å². The van der Waals surface area contributed by atoms with Crippen LogP contribution in [0.4, 0.5) is 11.4 Å². The minimum atomic E-state index is -0.00900. The van der Waals surface area contributed by atoms with E-state index in [9.17, 15) is 4.79 Å². The molecule has 0 unspecified atom stereocenters. The van der Waals surface area contributed by atoms with E-state index in [-0.39, 0.29) is 5.91 Å². The number of carbonyl (C=O) groups excluding carboxylic acids is 1. The number of para-hydroxylation sites is 1. The van der Waals surface area contributed by atoms with Crippen LogP contribution in [0.25, 0.3) is 10.9 Å². The predicted octanol–water partition coefficient (Wildman–Crippen LogP) is 3.72. The van der Waals surface area contributed by atoms with Gasteiger partial charge in [0, 0.05) is 54.0 Å². The predicted molar refractivity (Wildman–Crippen MR) is 117 cm³/mol. The average Bonchev–Trinajstić information content (AvgIpc) is 2.73. The molecule has 0 radical (unpaired) electrons. The molecule has 0 aliphatic carbocycles. The molecular weight excluding hydrogens is 368 g/mol. The highest BCUT2D eigenvalue weighted by molar-refractivity contribution is 8.00. The van der Waals surface area contributed by atoms with Crippen molar-refractivity contribution in [2.45, 2.75) is 4.90 Å². The Bertz CT molecular complexity index is 947. The van der Waals surface area contributed by atoms with Crippen molar-refractivity contribution in [2.24, 2.45) is 0 Å². The molecule has 0 bridgehead atoms. The lowest BCUT2D eigenvalue weighted by Crippen LogP contribution is -2.44. The Hall–Kier alpha value is -2.57. The van der Waals surface area contributed by atoms with Crippen LogP contribution < -0.4 is 10.2 Å². The topological polar surface area (TPSA) is 48.5 Å². The number of carbonyl (C=O) groups is 1. The molecule has 0 atom stereocenters. The Balaban J connectivity index is 1.33. The van der Waals surface area contributed by atoms with E-state index in [0.29, 0.717) is 5.75 Å². The van der Waals surface area contributed by atoms with E-state index >= 15 is 0 Å². The summed E-state index contributed by atoms with van der Waals surface area (Å²) in [7, 11) is 2.16. The summed E-state index contributed by atoms with van der Waals surface area (Å²) in [5.41, 5.74) is 2.99. The molecule has 28 heavy (non-hydrogen) atoms. The lowest BCUT2D eigenvalue weighted by atomic mass is 10.2. The summed E-state index contributed by atoms with van der Waals surface area (Å²) < 4.78 is 0. The summed E-state index contributed by atoms with van der Waals surface area (Å²) in [4.78, 5) is 22.6. The SMILES string of the molecule is CN1CCN(c2ccc(NC(=O)CSc3cccc4cccnc34)cc2)CC1. The molecule has 6 heteroatoms. The molecule has 0 spiro atoms. The second-order valence-electron chi connectivity index (χ2n) is 7.01. The van der Waals surface area contributed by atoms with Gasteiger partial charge in [-0.3, -0.25) is 9.78 Å². The van der Waals surface area contributed by atoms with Crippen LogP contribution in [0.2, 0.25) is 0 Å². The minimum Gasteiger partial charge on any atom is -0.369 e. The van der Waals surface area contributed by atoms with E-state index in [4.69, 9.17) is 0 Å². The highest BCUT2D eigenvalue weighted by Crippen LogP contribution is 2.26. The molecular formula is C22H24N4OS. The molecule has 144 valence electrons. The van der Waals surface area contributed by atoms with Crippen molar-refractivity contribution in [1.82, 2.24) is 9.88 Å². The van der Waals surface area contributed by atoms with Gasteiger partial charge in [-0.2, -0.15) is 0 Å². The highest BCUT2D eigenvalue weighted by Gasteiger charge is 2.14. The van der Waals surface area contributed by atoms with Crippen molar-refractivity contribution in [3.05, 3.63) is 60.8 Å². The number of amides is 1. The molecule has 1 aliphatic heterocycles. The molecule has 0 saturated carbocycles. The standard InChI is InChI=1S/C22H24N4OS/c1-25-12-14-26(15-13-25)19-9-7-18(8-10-19)24-21(27)16-28-20-6-2-4-17-5-3-11-23-22(17)20/h2-11H,12-16H2,1H3,(H,24,27). The van der Waals surface area contributed by atoms with Gasteiger partial charge in [0.25, 0.3) is 0 Å². The maximum absolute atomic E-state index is 12.4. The molecule has 1 aliphatic rings. The van der Waals surface area contributed by atoms with E-state index in [2.05, 4.69) is 39.3 Å². The number of nitrogens with zero attached hydrogens (tertiary/aromatic N) is 3. The summed E-state index contributed by atoms with van der Waals surface area (Å²) in [5, 5.41) is 4.08. The minimum absolute atomic E-state index is 0.00900. The van der Waals surface area contributed by atoms with E-state index in [0.717, 1.165) is 47.7 Å². The zero-order chi connectivity index (χ0) is 19.3. The lowest BCUT2D eigenvalue weighted by Gasteiger charge is -2.34. The smallest absolute Gasteiger partial charge is 0.234 e. The third kappa shape index (κ3) is 4.46. The van der Waals surface area contributed by atoms with E-state index in [1.54, 1.807) is 6.20 Å². The molecule has 1 fully saturated rings. The van der Waals surface area contributed by atoms with Gasteiger partial charge in [0.2, 0.25) is 5.91 Å². The van der Waals surface area contributed by atoms with Crippen LogP contribution in [0.5, 0.6) is 0 Å². The van der Waals surface area contributed by atoms with Crippen molar-refractivity contribution in [1.29, 1.82) is 0 Å². The number of nitrogens with one attached hydrogen (secondary N) is 1. The number of hydrogen-bond acceptors (Lipinski definition) is 5. The Labute approximate surface area is 169 Å². The van der Waals surface area contributed by atoms with Crippen molar-refractivity contribution >= 4 is 39.9 Å². The number of aromatic nitrogens is 1. The first-order valence-electron chi connectivity index (χ1n) is 9.49. The number of thioether (sulfide) groups is 1. The van der Waals surface area contributed by atoms with E-state index < -0.39 is 0 Å². The number of likely N-dealkylation sites (N-methyl/N-ethyl adjacent to an activating group) is 1. The maximum atomic E-state index is 12.4. The monoisotopic (exact) mass is 392 g/mol. The molecule has 1 saturated heterocycles. The van der Waals surface area contributed by atoms with Gasteiger partial charge in [-0.1, -0.05) is 18.2 Å². The van der Waals surface area contributed by atoms with Gasteiger partial charge < -0.3 is 15.1 Å². The van der Waals surface area contributed by atoms with Crippen LogP contribution in [0, 0.1) is 0 Å². The third-order valence-corrected chi connectivity index (χ3v) is 6.02. The number of benzene rings is 2. The van der Waals surface area contributed by atoms with Crippen LogP contribution in [0.15, 0.2) is 65.7 Å². The Morgan fingerprint density at radius 1 is 1.04 bits per heavy atom. The quantitative estimate of drug-likeness (QED) is 0.671. The summed E-state index contributed by atoms with van der Waals surface area (Å²) in [6.07, 6.45) is 1.79. The third-order valence-electron chi connectivity index (χ3n) is 4.97. The summed E-state index contributed by atoms with van der Waals surface area (Å²) in [6, 6.07) is 18.1. The van der Waals surface area contributed by atoms with E-state index in [1.165, 1.54) is 17.4 Å². The fourth-order valence-corrected chi connectivity index (χ4v) is 4.19. The molecule has 1 amide bonds. The lowest BCUT2D eigenvalue weighted by molar-refractivity contribution is -0.113. The Morgan fingerprint density at radius 2 is 1.79 bits per heavy atom. The number of fused-ring (bicyclic) bond motifs is 1. The van der Waals surface area contributed by atoms with Gasteiger partial charge in [0.1, 0.15) is 0 Å². The summed E-state index contributed by atoms with van der Waals surface area (Å²) >= 11 is 1.52. The van der Waals surface area contributed by atoms with Crippen LogP contribution in [-0.2, 0) is 4.79 Å². The summed E-state index contributed by atoms with van der Waals surface area (Å²) in [5.74, 6) is 0.348. The van der Waals surface area contributed by atoms with Gasteiger partial charge in [-0.15, -0.1) is 11.8 Å². The van der Waals surface area contributed by atoms with Crippen LogP contribution >= 0.6 is 11.8 Å². The normalized spacial score (nSPS) is 15.0. The molecule has 1 N–H and O–H groups in total. The zero-order valence-electron chi connectivity index (χ0n) is 16.0. The molecule has 1 aromatic heterocycles. The van der Waals surface area contributed by atoms with Crippen LogP contribution in [0.3, 0.4) is 0 Å². The van der Waals surface area contributed by atoms with Gasteiger partial charge in [0.05, 0.1) is 11.3 Å². The first-order chi connectivity index (χ1) is 13.7. The number of hydrogen-bond donors (Lipinski definition) is 1. The largest absolute Gasteiger partial charge is 0.369 e. The zero-order valence-corrected chi connectivity index (χ0v) is 16.8. The van der Waals surface area contributed by atoms with E-state index in [1.807, 2.05) is 42.5 Å². The molecule has 4 rings (SSSR count). The number of anilines is 2. The molecule has 2 aromatic carbocycles. The molecule has 3 aromatic rings.